The summed E-state index contributed by atoms with van der Waals surface area (Å²) in [6.07, 6.45) is 14.6. The Morgan fingerprint density at radius 2 is 1.70 bits per heavy atom. The molecule has 2 nitrogen and oxygen atoms in total. The van der Waals surface area contributed by atoms with E-state index in [1.165, 1.54) is 83.8 Å². The molecule has 2 atom stereocenters. The molecule has 2 aliphatic rings. The zero-order valence-corrected chi connectivity index (χ0v) is 13.9. The maximum absolute atomic E-state index is 3.51. The molecule has 2 fully saturated rings. The molecule has 0 amide bonds. The summed E-state index contributed by atoms with van der Waals surface area (Å²) < 4.78 is 0. The molecule has 1 aliphatic heterocycles. The molecule has 2 unspecified atom stereocenters. The van der Waals surface area contributed by atoms with E-state index < -0.39 is 0 Å². The smallest absolute Gasteiger partial charge is 0.0123 e. The lowest BCUT2D eigenvalue weighted by molar-refractivity contribution is 0.0595. The highest BCUT2D eigenvalue weighted by molar-refractivity contribution is 4.87. The number of unbranched alkanes of at least 4 members (excludes halogenated alkanes) is 3. The highest BCUT2D eigenvalue weighted by Crippen LogP contribution is 2.35. The van der Waals surface area contributed by atoms with Crippen molar-refractivity contribution in [2.45, 2.75) is 90.1 Å². The third-order valence-electron chi connectivity index (χ3n) is 5.28. The SMILES string of the molecule is CC(C)NCCCCCCN1CCCC2CCCCC21. The summed E-state index contributed by atoms with van der Waals surface area (Å²) in [5.74, 6) is 1.05. The van der Waals surface area contributed by atoms with E-state index in [-0.39, 0.29) is 0 Å². The Bertz CT molecular complexity index is 250. The van der Waals surface area contributed by atoms with Gasteiger partial charge in [-0.3, -0.25) is 0 Å². The van der Waals surface area contributed by atoms with Crippen LogP contribution in [0.15, 0.2) is 0 Å². The van der Waals surface area contributed by atoms with Crippen molar-refractivity contribution < 1.29 is 0 Å². The van der Waals surface area contributed by atoms with E-state index in [1.54, 1.807) is 0 Å². The van der Waals surface area contributed by atoms with Gasteiger partial charge in [0.1, 0.15) is 0 Å². The first kappa shape index (κ1) is 16.3. The molecule has 1 heterocycles. The standard InChI is InChI=1S/C18H36N2/c1-16(2)19-13-7-3-4-8-14-20-15-9-11-17-10-5-6-12-18(17)20/h16-19H,3-15H2,1-2H3. The number of hydrogen-bond acceptors (Lipinski definition) is 2. The summed E-state index contributed by atoms with van der Waals surface area (Å²) in [7, 11) is 0. The molecule has 2 rings (SSSR count). The van der Waals surface area contributed by atoms with Crippen molar-refractivity contribution in [2.24, 2.45) is 5.92 Å². The van der Waals surface area contributed by atoms with Gasteiger partial charge in [0.05, 0.1) is 0 Å². The lowest BCUT2D eigenvalue weighted by Gasteiger charge is -2.44. The van der Waals surface area contributed by atoms with E-state index in [9.17, 15) is 0 Å². The average molecular weight is 280 g/mol. The lowest BCUT2D eigenvalue weighted by Crippen LogP contribution is -2.47. The number of rotatable bonds is 8. The predicted molar refractivity (Wildman–Crippen MR) is 88.2 cm³/mol. The first-order valence-electron chi connectivity index (χ1n) is 9.25. The summed E-state index contributed by atoms with van der Waals surface area (Å²) in [4.78, 5) is 2.85. The number of hydrogen-bond donors (Lipinski definition) is 1. The van der Waals surface area contributed by atoms with Crippen molar-refractivity contribution in [1.82, 2.24) is 10.2 Å². The molecule has 1 saturated carbocycles. The number of nitrogens with zero attached hydrogens (tertiary/aromatic N) is 1. The van der Waals surface area contributed by atoms with Crippen LogP contribution in [0.5, 0.6) is 0 Å². The molecule has 0 radical (unpaired) electrons. The zero-order valence-electron chi connectivity index (χ0n) is 13.9. The molecule has 1 saturated heterocycles. The van der Waals surface area contributed by atoms with E-state index in [1.807, 2.05) is 0 Å². The van der Waals surface area contributed by atoms with E-state index in [4.69, 9.17) is 0 Å². The summed E-state index contributed by atoms with van der Waals surface area (Å²) >= 11 is 0. The minimum absolute atomic E-state index is 0.645. The van der Waals surface area contributed by atoms with E-state index in [0.29, 0.717) is 6.04 Å². The molecule has 1 aliphatic carbocycles. The fourth-order valence-corrected chi connectivity index (χ4v) is 4.19. The first-order chi connectivity index (χ1) is 9.77. The third-order valence-corrected chi connectivity index (χ3v) is 5.28. The van der Waals surface area contributed by atoms with Crippen LogP contribution in [-0.2, 0) is 0 Å². The summed E-state index contributed by atoms with van der Waals surface area (Å²) in [5.41, 5.74) is 0. The second kappa shape index (κ2) is 9.04. The Labute approximate surface area is 126 Å². The highest BCUT2D eigenvalue weighted by Gasteiger charge is 2.32. The van der Waals surface area contributed by atoms with Crippen LogP contribution >= 0.6 is 0 Å². The van der Waals surface area contributed by atoms with Crippen molar-refractivity contribution in [1.29, 1.82) is 0 Å². The van der Waals surface area contributed by atoms with Crippen molar-refractivity contribution in [3.05, 3.63) is 0 Å². The number of likely N-dealkylation sites (tertiary alicyclic amines) is 1. The molecule has 0 aromatic rings. The monoisotopic (exact) mass is 280 g/mol. The third kappa shape index (κ3) is 5.37. The van der Waals surface area contributed by atoms with Crippen molar-refractivity contribution in [2.75, 3.05) is 19.6 Å². The number of nitrogens with one attached hydrogen (secondary N) is 1. The van der Waals surface area contributed by atoms with Gasteiger partial charge in [-0.05, 0) is 64.1 Å². The number of fused-ring (bicyclic) bond motifs is 1. The van der Waals surface area contributed by atoms with Gasteiger partial charge in [0.2, 0.25) is 0 Å². The fourth-order valence-electron chi connectivity index (χ4n) is 4.19. The van der Waals surface area contributed by atoms with Crippen LogP contribution in [0.1, 0.15) is 78.1 Å². The van der Waals surface area contributed by atoms with Gasteiger partial charge < -0.3 is 10.2 Å². The van der Waals surface area contributed by atoms with Gasteiger partial charge in [0.15, 0.2) is 0 Å². The molecule has 20 heavy (non-hydrogen) atoms. The minimum Gasteiger partial charge on any atom is -0.315 e. The quantitative estimate of drug-likeness (QED) is 0.670. The van der Waals surface area contributed by atoms with Gasteiger partial charge in [-0.25, -0.2) is 0 Å². The largest absolute Gasteiger partial charge is 0.315 e. The molecule has 0 aromatic heterocycles. The van der Waals surface area contributed by atoms with Gasteiger partial charge >= 0.3 is 0 Å². The molecule has 0 aromatic carbocycles. The second-order valence-electron chi connectivity index (χ2n) is 7.31. The van der Waals surface area contributed by atoms with Gasteiger partial charge in [-0.2, -0.15) is 0 Å². The molecular weight excluding hydrogens is 244 g/mol. The van der Waals surface area contributed by atoms with E-state index >= 15 is 0 Å². The maximum atomic E-state index is 3.51. The Kier molecular flexibility index (Phi) is 7.37. The van der Waals surface area contributed by atoms with Gasteiger partial charge in [-0.1, -0.05) is 39.5 Å². The molecular formula is C18H36N2. The Morgan fingerprint density at radius 3 is 2.55 bits per heavy atom. The molecule has 118 valence electrons. The zero-order chi connectivity index (χ0) is 14.2. The molecule has 1 N–H and O–H groups in total. The van der Waals surface area contributed by atoms with Crippen LogP contribution in [0.2, 0.25) is 0 Å². The van der Waals surface area contributed by atoms with E-state index in [2.05, 4.69) is 24.1 Å². The highest BCUT2D eigenvalue weighted by atomic mass is 15.2. The maximum Gasteiger partial charge on any atom is 0.0123 e. The second-order valence-corrected chi connectivity index (χ2v) is 7.31. The Morgan fingerprint density at radius 1 is 0.950 bits per heavy atom. The van der Waals surface area contributed by atoms with Gasteiger partial charge in [0, 0.05) is 12.1 Å². The topological polar surface area (TPSA) is 15.3 Å². The van der Waals surface area contributed by atoms with Crippen LogP contribution in [0.4, 0.5) is 0 Å². The van der Waals surface area contributed by atoms with Crippen molar-refractivity contribution >= 4 is 0 Å². The van der Waals surface area contributed by atoms with Crippen LogP contribution in [0.3, 0.4) is 0 Å². The molecule has 2 heteroatoms. The fraction of sp³-hybridized carbons (Fsp3) is 1.00. The number of piperidine rings is 1. The molecule has 0 spiro atoms. The first-order valence-corrected chi connectivity index (χ1v) is 9.25. The molecule has 0 bridgehead atoms. The van der Waals surface area contributed by atoms with Gasteiger partial charge in [-0.15, -0.1) is 0 Å². The van der Waals surface area contributed by atoms with Crippen LogP contribution < -0.4 is 5.32 Å². The van der Waals surface area contributed by atoms with Crippen LogP contribution in [-0.4, -0.2) is 36.6 Å². The van der Waals surface area contributed by atoms with Gasteiger partial charge in [0.25, 0.3) is 0 Å². The Hall–Kier alpha value is -0.0800. The Balaban J connectivity index is 1.54. The van der Waals surface area contributed by atoms with Crippen LogP contribution in [0, 0.1) is 5.92 Å². The van der Waals surface area contributed by atoms with Crippen molar-refractivity contribution in [3.63, 3.8) is 0 Å². The summed E-state index contributed by atoms with van der Waals surface area (Å²) in [5, 5.41) is 3.51. The predicted octanol–water partition coefficient (Wildman–Crippen LogP) is 4.20. The summed E-state index contributed by atoms with van der Waals surface area (Å²) in [6, 6.07) is 1.60. The minimum atomic E-state index is 0.645. The summed E-state index contributed by atoms with van der Waals surface area (Å²) in [6.45, 7) is 8.43. The van der Waals surface area contributed by atoms with Crippen LogP contribution in [0.25, 0.3) is 0 Å². The lowest BCUT2D eigenvalue weighted by atomic mass is 9.78. The van der Waals surface area contributed by atoms with E-state index in [0.717, 1.165) is 12.0 Å². The average Bonchev–Trinajstić information content (AvgIpc) is 2.46. The van der Waals surface area contributed by atoms with Crippen molar-refractivity contribution in [3.8, 4) is 0 Å². The normalized spacial score (nSPS) is 27.8.